The van der Waals surface area contributed by atoms with Gasteiger partial charge in [0.15, 0.2) is 5.78 Å². The number of rotatable bonds is 6. The summed E-state index contributed by atoms with van der Waals surface area (Å²) in [6, 6.07) is 1.88. The number of halogens is 1. The molecule has 1 aromatic heterocycles. The number of carbonyl (C=O) groups is 1. The van der Waals surface area contributed by atoms with Crippen molar-refractivity contribution < 1.29 is 9.53 Å². The number of ketones is 1. The Hall–Kier alpha value is -0.190. The molecule has 0 amide bonds. The van der Waals surface area contributed by atoms with Crippen molar-refractivity contribution in [3.8, 4) is 0 Å². The molecule has 0 aliphatic carbocycles. The van der Waals surface area contributed by atoms with Crippen molar-refractivity contribution in [2.75, 3.05) is 6.61 Å². The Morgan fingerprint density at radius 1 is 1.67 bits per heavy atom. The molecule has 1 rings (SSSR count). The number of ether oxygens (including phenoxy) is 1. The maximum atomic E-state index is 11.7. The van der Waals surface area contributed by atoms with E-state index in [1.165, 1.54) is 11.3 Å². The average Bonchev–Trinajstić information content (AvgIpc) is 2.61. The molecule has 0 aliphatic heterocycles. The largest absolute Gasteiger partial charge is 0.370 e. The second kappa shape index (κ2) is 6.40. The summed E-state index contributed by atoms with van der Waals surface area (Å²) in [5.41, 5.74) is 0. The lowest BCUT2D eigenvalue weighted by Crippen LogP contribution is -2.15. The molecule has 15 heavy (non-hydrogen) atoms. The molecule has 1 aromatic rings. The van der Waals surface area contributed by atoms with Gasteiger partial charge in [-0.1, -0.05) is 13.3 Å². The highest BCUT2D eigenvalue weighted by Crippen LogP contribution is 2.23. The molecule has 0 N–H and O–H groups in total. The van der Waals surface area contributed by atoms with Crippen molar-refractivity contribution in [2.45, 2.75) is 32.8 Å². The van der Waals surface area contributed by atoms with E-state index in [4.69, 9.17) is 4.74 Å². The summed E-state index contributed by atoms with van der Waals surface area (Å²) in [5, 5.41) is 1.90. The highest BCUT2D eigenvalue weighted by molar-refractivity contribution is 9.10. The molecule has 0 spiro atoms. The lowest BCUT2D eigenvalue weighted by atomic mass is 10.2. The van der Waals surface area contributed by atoms with Gasteiger partial charge in [-0.2, -0.15) is 0 Å². The monoisotopic (exact) mass is 290 g/mol. The van der Waals surface area contributed by atoms with Crippen LogP contribution in [0.3, 0.4) is 0 Å². The SMILES string of the molecule is CCCC(C)OCC(=O)c1sccc1Br. The molecule has 2 nitrogen and oxygen atoms in total. The third kappa shape index (κ3) is 4.05. The van der Waals surface area contributed by atoms with E-state index in [1.54, 1.807) is 0 Å². The van der Waals surface area contributed by atoms with Gasteiger partial charge in [0.25, 0.3) is 0 Å². The summed E-state index contributed by atoms with van der Waals surface area (Å²) >= 11 is 4.78. The van der Waals surface area contributed by atoms with E-state index in [9.17, 15) is 4.79 Å². The molecule has 1 heterocycles. The molecule has 84 valence electrons. The normalized spacial score (nSPS) is 12.7. The van der Waals surface area contributed by atoms with Crippen molar-refractivity contribution >= 4 is 33.0 Å². The van der Waals surface area contributed by atoms with Crippen molar-refractivity contribution in [3.05, 3.63) is 20.8 Å². The highest BCUT2D eigenvalue weighted by Gasteiger charge is 2.12. The maximum Gasteiger partial charge on any atom is 0.199 e. The van der Waals surface area contributed by atoms with E-state index >= 15 is 0 Å². The first-order valence-corrected chi connectivity index (χ1v) is 6.70. The molecule has 0 fully saturated rings. The van der Waals surface area contributed by atoms with Gasteiger partial charge in [-0.15, -0.1) is 11.3 Å². The van der Waals surface area contributed by atoms with Crippen molar-refractivity contribution in [3.63, 3.8) is 0 Å². The number of Topliss-reactive ketones (excluding diaryl/α,β-unsaturated/α-hetero) is 1. The number of thiophene rings is 1. The van der Waals surface area contributed by atoms with Gasteiger partial charge in [0.2, 0.25) is 0 Å². The van der Waals surface area contributed by atoms with E-state index < -0.39 is 0 Å². The average molecular weight is 291 g/mol. The first-order valence-electron chi connectivity index (χ1n) is 5.03. The first kappa shape index (κ1) is 12.9. The lowest BCUT2D eigenvalue weighted by molar-refractivity contribution is 0.0493. The zero-order valence-electron chi connectivity index (χ0n) is 8.96. The van der Waals surface area contributed by atoms with Crippen LogP contribution in [0, 0.1) is 0 Å². The van der Waals surface area contributed by atoms with E-state index in [0.717, 1.165) is 22.2 Å². The van der Waals surface area contributed by atoms with Gasteiger partial charge in [-0.05, 0) is 40.7 Å². The van der Waals surface area contributed by atoms with Crippen LogP contribution in [0.2, 0.25) is 0 Å². The van der Waals surface area contributed by atoms with Crippen molar-refractivity contribution in [2.24, 2.45) is 0 Å². The Morgan fingerprint density at radius 3 is 2.93 bits per heavy atom. The van der Waals surface area contributed by atoms with Crippen LogP contribution in [0.25, 0.3) is 0 Å². The second-order valence-electron chi connectivity index (χ2n) is 3.43. The zero-order chi connectivity index (χ0) is 11.3. The number of carbonyl (C=O) groups excluding carboxylic acids is 1. The molecular weight excluding hydrogens is 276 g/mol. The van der Waals surface area contributed by atoms with Crippen LogP contribution < -0.4 is 0 Å². The van der Waals surface area contributed by atoms with E-state index in [-0.39, 0.29) is 18.5 Å². The topological polar surface area (TPSA) is 26.3 Å². The van der Waals surface area contributed by atoms with E-state index in [0.29, 0.717) is 0 Å². The zero-order valence-corrected chi connectivity index (χ0v) is 11.4. The molecule has 1 atom stereocenters. The second-order valence-corrected chi connectivity index (χ2v) is 5.20. The summed E-state index contributed by atoms with van der Waals surface area (Å²) in [6.45, 7) is 4.29. The summed E-state index contributed by atoms with van der Waals surface area (Å²) in [6.07, 6.45) is 2.24. The predicted molar refractivity (Wildman–Crippen MR) is 66.7 cm³/mol. The Kier molecular flexibility index (Phi) is 5.50. The Morgan fingerprint density at radius 2 is 2.40 bits per heavy atom. The molecule has 0 saturated heterocycles. The van der Waals surface area contributed by atoms with Crippen LogP contribution in [0.1, 0.15) is 36.4 Å². The predicted octanol–water partition coefficient (Wildman–Crippen LogP) is 3.90. The van der Waals surface area contributed by atoms with Crippen LogP contribution >= 0.6 is 27.3 Å². The van der Waals surface area contributed by atoms with Gasteiger partial charge in [-0.3, -0.25) is 4.79 Å². The van der Waals surface area contributed by atoms with Crippen LogP contribution in [-0.4, -0.2) is 18.5 Å². The van der Waals surface area contributed by atoms with Gasteiger partial charge in [-0.25, -0.2) is 0 Å². The van der Waals surface area contributed by atoms with Crippen molar-refractivity contribution in [1.82, 2.24) is 0 Å². The number of hydrogen-bond acceptors (Lipinski definition) is 3. The van der Waals surface area contributed by atoms with Gasteiger partial charge in [0, 0.05) is 4.47 Å². The highest BCUT2D eigenvalue weighted by atomic mass is 79.9. The third-order valence-electron chi connectivity index (χ3n) is 2.06. The third-order valence-corrected chi connectivity index (χ3v) is 3.94. The minimum atomic E-state index is 0.0554. The van der Waals surface area contributed by atoms with Gasteiger partial charge >= 0.3 is 0 Å². The molecular formula is C11H15BrO2S. The molecule has 4 heteroatoms. The van der Waals surface area contributed by atoms with Gasteiger partial charge in [0.1, 0.15) is 6.61 Å². The van der Waals surface area contributed by atoms with E-state index in [2.05, 4.69) is 22.9 Å². The lowest BCUT2D eigenvalue weighted by Gasteiger charge is -2.10. The van der Waals surface area contributed by atoms with Crippen LogP contribution in [-0.2, 0) is 4.74 Å². The molecule has 0 saturated carbocycles. The fraction of sp³-hybridized carbons (Fsp3) is 0.545. The smallest absolute Gasteiger partial charge is 0.199 e. The van der Waals surface area contributed by atoms with Crippen LogP contribution in [0.4, 0.5) is 0 Å². The fourth-order valence-electron chi connectivity index (χ4n) is 1.27. The fourth-order valence-corrected chi connectivity index (χ4v) is 2.79. The van der Waals surface area contributed by atoms with Crippen LogP contribution in [0.5, 0.6) is 0 Å². The molecule has 0 bridgehead atoms. The van der Waals surface area contributed by atoms with Gasteiger partial charge in [0.05, 0.1) is 11.0 Å². The van der Waals surface area contributed by atoms with E-state index in [1.807, 2.05) is 18.4 Å². The quantitative estimate of drug-likeness (QED) is 0.743. The minimum absolute atomic E-state index is 0.0554. The Bertz CT molecular complexity index is 322. The van der Waals surface area contributed by atoms with Crippen LogP contribution in [0.15, 0.2) is 15.9 Å². The molecule has 1 unspecified atom stereocenters. The first-order chi connectivity index (χ1) is 7.15. The summed E-state index contributed by atoms with van der Waals surface area (Å²) in [4.78, 5) is 12.4. The Balaban J connectivity index is 2.40. The maximum absolute atomic E-state index is 11.7. The Labute approximate surface area is 103 Å². The standard InChI is InChI=1S/C11H15BrO2S/c1-3-4-8(2)14-7-10(13)11-9(12)5-6-15-11/h5-6,8H,3-4,7H2,1-2H3. The molecule has 0 aromatic carbocycles. The van der Waals surface area contributed by atoms with Gasteiger partial charge < -0.3 is 4.74 Å². The number of hydrogen-bond donors (Lipinski definition) is 0. The summed E-state index contributed by atoms with van der Waals surface area (Å²) in [7, 11) is 0. The molecule has 0 aliphatic rings. The van der Waals surface area contributed by atoms with Crippen molar-refractivity contribution in [1.29, 1.82) is 0 Å². The molecule has 0 radical (unpaired) electrons. The summed E-state index contributed by atoms with van der Waals surface area (Å²) in [5.74, 6) is 0.0554. The summed E-state index contributed by atoms with van der Waals surface area (Å²) < 4.78 is 6.32. The minimum Gasteiger partial charge on any atom is -0.370 e.